The molecule has 0 aliphatic carbocycles. The maximum atomic E-state index is 11.5. The molecule has 1 N–H and O–H groups in total. The Balaban J connectivity index is 2.35. The van der Waals surface area contributed by atoms with E-state index in [2.05, 4.69) is 12.2 Å². The first-order chi connectivity index (χ1) is 9.76. The highest BCUT2D eigenvalue weighted by molar-refractivity contribution is 5.91. The van der Waals surface area contributed by atoms with E-state index in [9.17, 15) is 4.79 Å². The van der Waals surface area contributed by atoms with Crippen LogP contribution < -0.4 is 10.1 Å². The van der Waals surface area contributed by atoms with E-state index in [1.807, 2.05) is 24.3 Å². The number of amides is 1. The van der Waals surface area contributed by atoms with E-state index in [1.165, 1.54) is 6.08 Å². The second-order valence-electron chi connectivity index (χ2n) is 4.39. The molecule has 0 saturated heterocycles. The molecule has 1 aromatic rings. The lowest BCUT2D eigenvalue weighted by molar-refractivity contribution is -0.116. The summed E-state index contributed by atoms with van der Waals surface area (Å²) in [6.07, 6.45) is 5.13. The molecule has 4 nitrogen and oxygen atoms in total. The van der Waals surface area contributed by atoms with Crippen molar-refractivity contribution in [3.63, 3.8) is 0 Å². The summed E-state index contributed by atoms with van der Waals surface area (Å²) >= 11 is 0. The number of hydrogen-bond donors (Lipinski definition) is 1. The van der Waals surface area contributed by atoms with Crippen LogP contribution in [0.3, 0.4) is 0 Å². The van der Waals surface area contributed by atoms with E-state index in [4.69, 9.17) is 9.47 Å². The zero-order valence-electron chi connectivity index (χ0n) is 12.2. The van der Waals surface area contributed by atoms with E-state index < -0.39 is 0 Å². The molecule has 0 radical (unpaired) electrons. The van der Waals surface area contributed by atoms with Gasteiger partial charge in [0.25, 0.3) is 0 Å². The maximum Gasteiger partial charge on any atom is 0.244 e. The Labute approximate surface area is 120 Å². The number of rotatable bonds is 9. The Morgan fingerprint density at radius 3 is 2.65 bits per heavy atom. The quantitative estimate of drug-likeness (QED) is 0.557. The molecular formula is C16H23NO3. The van der Waals surface area contributed by atoms with Crippen molar-refractivity contribution in [2.75, 3.05) is 26.9 Å². The molecule has 1 rings (SSSR count). The van der Waals surface area contributed by atoms with Crippen LogP contribution in [0.5, 0.6) is 5.75 Å². The third-order valence-electron chi connectivity index (χ3n) is 2.60. The number of benzene rings is 1. The molecule has 0 aliphatic heterocycles. The molecule has 0 aromatic heterocycles. The van der Waals surface area contributed by atoms with Gasteiger partial charge in [0.2, 0.25) is 5.91 Å². The summed E-state index contributed by atoms with van der Waals surface area (Å²) in [4.78, 5) is 11.5. The molecule has 1 aromatic carbocycles. The minimum atomic E-state index is -0.0904. The Hall–Kier alpha value is -1.81. The Morgan fingerprint density at radius 1 is 1.25 bits per heavy atom. The predicted octanol–water partition coefficient (Wildman–Crippen LogP) is 2.64. The number of hydrogen-bond acceptors (Lipinski definition) is 3. The Bertz CT molecular complexity index is 412. The fraction of sp³-hybridized carbons (Fsp3) is 0.438. The van der Waals surface area contributed by atoms with Gasteiger partial charge in [0, 0.05) is 26.3 Å². The highest BCUT2D eigenvalue weighted by Gasteiger charge is 1.96. The Morgan fingerprint density at radius 2 is 2.00 bits per heavy atom. The van der Waals surface area contributed by atoms with Gasteiger partial charge in [-0.1, -0.05) is 19.1 Å². The highest BCUT2D eigenvalue weighted by Crippen LogP contribution is 2.13. The summed E-state index contributed by atoms with van der Waals surface area (Å²) < 4.78 is 10.4. The number of ether oxygens (including phenoxy) is 2. The van der Waals surface area contributed by atoms with Crippen molar-refractivity contribution in [1.82, 2.24) is 5.32 Å². The summed E-state index contributed by atoms with van der Waals surface area (Å²) in [6.45, 7) is 4.07. The topological polar surface area (TPSA) is 47.6 Å². The second-order valence-corrected chi connectivity index (χ2v) is 4.39. The Kier molecular flexibility index (Phi) is 8.15. The molecule has 0 atom stereocenters. The van der Waals surface area contributed by atoms with Crippen molar-refractivity contribution in [1.29, 1.82) is 0 Å². The monoisotopic (exact) mass is 277 g/mol. The van der Waals surface area contributed by atoms with Gasteiger partial charge in [-0.25, -0.2) is 0 Å². The van der Waals surface area contributed by atoms with Gasteiger partial charge in [0.1, 0.15) is 5.75 Å². The van der Waals surface area contributed by atoms with Crippen molar-refractivity contribution < 1.29 is 14.3 Å². The largest absolute Gasteiger partial charge is 0.494 e. The molecule has 0 aliphatic rings. The van der Waals surface area contributed by atoms with Crippen LogP contribution in [0, 0.1) is 0 Å². The second kappa shape index (κ2) is 10.0. The van der Waals surface area contributed by atoms with E-state index in [0.29, 0.717) is 13.2 Å². The highest BCUT2D eigenvalue weighted by atomic mass is 16.5. The van der Waals surface area contributed by atoms with E-state index in [1.54, 1.807) is 13.2 Å². The fourth-order valence-corrected chi connectivity index (χ4v) is 1.55. The molecular weight excluding hydrogens is 254 g/mol. The molecule has 1 amide bonds. The van der Waals surface area contributed by atoms with Crippen LogP contribution in [0.25, 0.3) is 6.08 Å². The number of methoxy groups -OCH3 is 1. The van der Waals surface area contributed by atoms with Crippen LogP contribution in [0.15, 0.2) is 30.3 Å². The number of carbonyl (C=O) groups is 1. The lowest BCUT2D eigenvalue weighted by Gasteiger charge is -2.04. The van der Waals surface area contributed by atoms with Gasteiger partial charge >= 0.3 is 0 Å². The van der Waals surface area contributed by atoms with Gasteiger partial charge in [-0.05, 0) is 36.6 Å². The van der Waals surface area contributed by atoms with Crippen molar-refractivity contribution in [2.24, 2.45) is 0 Å². The number of nitrogens with one attached hydrogen (secondary N) is 1. The van der Waals surface area contributed by atoms with Crippen molar-refractivity contribution in [3.8, 4) is 5.75 Å². The molecule has 4 heteroatoms. The average Bonchev–Trinajstić information content (AvgIpc) is 2.48. The number of carbonyl (C=O) groups excluding carboxylic acids is 1. The normalized spacial score (nSPS) is 10.7. The molecule has 0 bridgehead atoms. The summed E-state index contributed by atoms with van der Waals surface area (Å²) in [7, 11) is 1.65. The summed E-state index contributed by atoms with van der Waals surface area (Å²) in [5, 5.41) is 2.80. The van der Waals surface area contributed by atoms with Crippen molar-refractivity contribution >= 4 is 12.0 Å². The third-order valence-corrected chi connectivity index (χ3v) is 2.60. The minimum absolute atomic E-state index is 0.0904. The van der Waals surface area contributed by atoms with E-state index in [-0.39, 0.29) is 5.91 Å². The van der Waals surface area contributed by atoms with Crippen LogP contribution in [0.1, 0.15) is 25.3 Å². The SMILES string of the molecule is CCCOc1ccc(/C=C/C(=O)NCCCOC)cc1. The average molecular weight is 277 g/mol. The van der Waals surface area contributed by atoms with Gasteiger partial charge in [-0.2, -0.15) is 0 Å². The molecule has 0 spiro atoms. The zero-order chi connectivity index (χ0) is 14.6. The summed E-state index contributed by atoms with van der Waals surface area (Å²) in [5.74, 6) is 0.764. The fourth-order valence-electron chi connectivity index (χ4n) is 1.55. The first-order valence-corrected chi connectivity index (χ1v) is 6.94. The van der Waals surface area contributed by atoms with Crippen LogP contribution in [-0.4, -0.2) is 32.8 Å². The molecule has 0 unspecified atom stereocenters. The molecule has 20 heavy (non-hydrogen) atoms. The third kappa shape index (κ3) is 6.95. The first-order valence-electron chi connectivity index (χ1n) is 6.94. The van der Waals surface area contributed by atoms with Gasteiger partial charge in [-0.3, -0.25) is 4.79 Å². The van der Waals surface area contributed by atoms with Crippen molar-refractivity contribution in [2.45, 2.75) is 19.8 Å². The minimum Gasteiger partial charge on any atom is -0.494 e. The zero-order valence-corrected chi connectivity index (χ0v) is 12.2. The lowest BCUT2D eigenvalue weighted by atomic mass is 10.2. The van der Waals surface area contributed by atoms with Gasteiger partial charge in [0.15, 0.2) is 0 Å². The van der Waals surface area contributed by atoms with Crippen LogP contribution in [0.4, 0.5) is 0 Å². The van der Waals surface area contributed by atoms with Gasteiger partial charge in [0.05, 0.1) is 6.61 Å². The van der Waals surface area contributed by atoms with Gasteiger partial charge < -0.3 is 14.8 Å². The smallest absolute Gasteiger partial charge is 0.244 e. The molecule has 0 saturated carbocycles. The molecule has 0 heterocycles. The molecule has 0 fully saturated rings. The van der Waals surface area contributed by atoms with Crippen LogP contribution in [0.2, 0.25) is 0 Å². The standard InChI is InChI=1S/C16H23NO3/c1-3-12-20-15-8-5-14(6-9-15)7-10-16(18)17-11-4-13-19-2/h5-10H,3-4,11-13H2,1-2H3,(H,17,18)/b10-7+. The van der Waals surface area contributed by atoms with Crippen LogP contribution in [-0.2, 0) is 9.53 Å². The van der Waals surface area contributed by atoms with Crippen LogP contribution >= 0.6 is 0 Å². The van der Waals surface area contributed by atoms with Gasteiger partial charge in [-0.15, -0.1) is 0 Å². The molecule has 110 valence electrons. The predicted molar refractivity (Wildman–Crippen MR) is 80.8 cm³/mol. The maximum absolute atomic E-state index is 11.5. The lowest BCUT2D eigenvalue weighted by Crippen LogP contribution is -2.22. The summed E-state index contributed by atoms with van der Waals surface area (Å²) in [6, 6.07) is 7.68. The summed E-state index contributed by atoms with van der Waals surface area (Å²) in [5.41, 5.74) is 0.973. The first kappa shape index (κ1) is 16.2. The van der Waals surface area contributed by atoms with E-state index >= 15 is 0 Å². The van der Waals surface area contributed by atoms with Crippen molar-refractivity contribution in [3.05, 3.63) is 35.9 Å². The van der Waals surface area contributed by atoms with E-state index in [0.717, 1.165) is 30.8 Å².